The summed E-state index contributed by atoms with van der Waals surface area (Å²) in [6.45, 7) is 6.69. The van der Waals surface area contributed by atoms with Gasteiger partial charge in [-0.05, 0) is 5.41 Å². The van der Waals surface area contributed by atoms with Crippen LogP contribution in [0.4, 0.5) is 17.3 Å². The molecule has 0 spiro atoms. The summed E-state index contributed by atoms with van der Waals surface area (Å²) in [5.41, 5.74) is -0.113. The maximum atomic E-state index is 11.0. The first-order valence-corrected chi connectivity index (χ1v) is 5.26. The van der Waals surface area contributed by atoms with Crippen LogP contribution in [0.15, 0.2) is 6.33 Å². The SMILES string of the molecule is CNc1ncnc(NCC(C)(C)C)c1[N+](=O)[O-]. The van der Waals surface area contributed by atoms with Crippen LogP contribution < -0.4 is 10.6 Å². The lowest BCUT2D eigenvalue weighted by Gasteiger charge is -2.19. The summed E-state index contributed by atoms with van der Waals surface area (Å²) in [5, 5.41) is 16.6. The van der Waals surface area contributed by atoms with Gasteiger partial charge in [-0.1, -0.05) is 20.8 Å². The van der Waals surface area contributed by atoms with Crippen molar-refractivity contribution in [3.63, 3.8) is 0 Å². The molecule has 0 aliphatic heterocycles. The predicted molar refractivity (Wildman–Crippen MR) is 66.2 cm³/mol. The van der Waals surface area contributed by atoms with Gasteiger partial charge in [0, 0.05) is 13.6 Å². The zero-order valence-corrected chi connectivity index (χ0v) is 10.4. The van der Waals surface area contributed by atoms with Gasteiger partial charge < -0.3 is 10.6 Å². The van der Waals surface area contributed by atoms with Crippen LogP contribution >= 0.6 is 0 Å². The molecule has 0 radical (unpaired) electrons. The molecule has 0 aliphatic carbocycles. The Morgan fingerprint density at radius 3 is 2.41 bits per heavy atom. The van der Waals surface area contributed by atoms with E-state index in [4.69, 9.17) is 0 Å². The second kappa shape index (κ2) is 4.94. The van der Waals surface area contributed by atoms with Gasteiger partial charge in [0.05, 0.1) is 4.92 Å². The van der Waals surface area contributed by atoms with Gasteiger partial charge in [0.25, 0.3) is 0 Å². The highest BCUT2D eigenvalue weighted by Crippen LogP contribution is 2.29. The van der Waals surface area contributed by atoms with Gasteiger partial charge >= 0.3 is 5.69 Å². The number of nitrogens with one attached hydrogen (secondary N) is 2. The molecular weight excluding hydrogens is 222 g/mol. The fourth-order valence-electron chi connectivity index (χ4n) is 1.21. The van der Waals surface area contributed by atoms with Crippen molar-refractivity contribution < 1.29 is 4.92 Å². The molecule has 0 amide bonds. The molecule has 0 saturated heterocycles. The molecule has 1 aromatic heterocycles. The van der Waals surface area contributed by atoms with Crippen LogP contribution in [0.5, 0.6) is 0 Å². The van der Waals surface area contributed by atoms with Crippen LogP contribution in [0.3, 0.4) is 0 Å². The normalized spacial score (nSPS) is 11.1. The van der Waals surface area contributed by atoms with Crippen molar-refractivity contribution in [1.82, 2.24) is 9.97 Å². The van der Waals surface area contributed by atoms with E-state index < -0.39 is 4.92 Å². The van der Waals surface area contributed by atoms with Gasteiger partial charge in [0.1, 0.15) is 6.33 Å². The molecule has 0 aliphatic rings. The minimum atomic E-state index is -0.489. The first-order chi connectivity index (χ1) is 7.85. The summed E-state index contributed by atoms with van der Waals surface area (Å²) in [5.74, 6) is 0.450. The molecule has 0 bridgehead atoms. The summed E-state index contributed by atoms with van der Waals surface area (Å²) < 4.78 is 0. The van der Waals surface area contributed by atoms with E-state index in [9.17, 15) is 10.1 Å². The van der Waals surface area contributed by atoms with Crippen molar-refractivity contribution in [1.29, 1.82) is 0 Å². The van der Waals surface area contributed by atoms with E-state index in [0.29, 0.717) is 6.54 Å². The average molecular weight is 239 g/mol. The quantitative estimate of drug-likeness (QED) is 0.615. The lowest BCUT2D eigenvalue weighted by molar-refractivity contribution is -0.383. The molecule has 7 nitrogen and oxygen atoms in total. The maximum absolute atomic E-state index is 11.0. The smallest absolute Gasteiger partial charge is 0.353 e. The third-order valence-electron chi connectivity index (χ3n) is 2.03. The number of anilines is 2. The molecule has 94 valence electrons. The monoisotopic (exact) mass is 239 g/mol. The third-order valence-corrected chi connectivity index (χ3v) is 2.03. The Labute approximate surface area is 99.8 Å². The Bertz CT molecular complexity index is 414. The molecule has 17 heavy (non-hydrogen) atoms. The molecule has 0 aromatic carbocycles. The summed E-state index contributed by atoms with van der Waals surface area (Å²) in [6.07, 6.45) is 1.30. The zero-order chi connectivity index (χ0) is 13.1. The Morgan fingerprint density at radius 1 is 1.35 bits per heavy atom. The largest absolute Gasteiger partial charge is 0.367 e. The second-order valence-electron chi connectivity index (χ2n) is 4.84. The molecule has 0 fully saturated rings. The highest BCUT2D eigenvalue weighted by atomic mass is 16.6. The molecule has 2 N–H and O–H groups in total. The van der Waals surface area contributed by atoms with Crippen LogP contribution in [-0.2, 0) is 0 Å². The molecule has 0 atom stereocenters. The van der Waals surface area contributed by atoms with Gasteiger partial charge in [-0.15, -0.1) is 0 Å². The number of rotatable bonds is 4. The number of nitrogens with zero attached hydrogens (tertiary/aromatic N) is 3. The Balaban J connectivity index is 3.02. The Hall–Kier alpha value is -1.92. The number of nitro groups is 1. The first kappa shape index (κ1) is 13.1. The minimum absolute atomic E-state index is 0.0125. The van der Waals surface area contributed by atoms with E-state index in [0.717, 1.165) is 0 Å². The van der Waals surface area contributed by atoms with E-state index in [1.807, 2.05) is 20.8 Å². The fourth-order valence-corrected chi connectivity index (χ4v) is 1.21. The standard InChI is InChI=1S/C10H17N5O2/c1-10(2,3)5-12-9-7(15(16)17)8(11-4)13-6-14-9/h6H,5H2,1-4H3,(H2,11,12,13,14). The second-order valence-corrected chi connectivity index (χ2v) is 4.84. The van der Waals surface area contributed by atoms with Crippen molar-refractivity contribution in [2.45, 2.75) is 20.8 Å². The maximum Gasteiger partial charge on any atom is 0.353 e. The van der Waals surface area contributed by atoms with Crippen LogP contribution in [-0.4, -0.2) is 28.5 Å². The minimum Gasteiger partial charge on any atom is -0.367 e. The summed E-state index contributed by atoms with van der Waals surface area (Å²) in [4.78, 5) is 18.2. The molecule has 0 saturated carbocycles. The van der Waals surface area contributed by atoms with Crippen LogP contribution in [0.2, 0.25) is 0 Å². The van der Waals surface area contributed by atoms with Crippen molar-refractivity contribution in [3.8, 4) is 0 Å². The summed E-state index contributed by atoms with van der Waals surface area (Å²) in [6, 6.07) is 0. The van der Waals surface area contributed by atoms with Crippen molar-refractivity contribution in [2.75, 3.05) is 24.2 Å². The Kier molecular flexibility index (Phi) is 3.82. The van der Waals surface area contributed by atoms with E-state index in [2.05, 4.69) is 20.6 Å². The van der Waals surface area contributed by atoms with Crippen molar-refractivity contribution in [2.24, 2.45) is 5.41 Å². The summed E-state index contributed by atoms with van der Waals surface area (Å²) >= 11 is 0. The van der Waals surface area contributed by atoms with E-state index >= 15 is 0 Å². The lowest BCUT2D eigenvalue weighted by atomic mass is 9.97. The van der Waals surface area contributed by atoms with Crippen LogP contribution in [0.1, 0.15) is 20.8 Å². The molecule has 1 aromatic rings. The van der Waals surface area contributed by atoms with Crippen LogP contribution in [0.25, 0.3) is 0 Å². The first-order valence-electron chi connectivity index (χ1n) is 5.26. The van der Waals surface area contributed by atoms with Gasteiger partial charge in [-0.3, -0.25) is 10.1 Å². The Morgan fingerprint density at radius 2 is 1.94 bits per heavy atom. The predicted octanol–water partition coefficient (Wildman–Crippen LogP) is 1.88. The van der Waals surface area contributed by atoms with E-state index in [-0.39, 0.29) is 22.7 Å². The zero-order valence-electron chi connectivity index (χ0n) is 10.4. The highest BCUT2D eigenvalue weighted by molar-refractivity contribution is 5.68. The molecule has 1 heterocycles. The molecule has 0 unspecified atom stereocenters. The number of hydrogen-bond donors (Lipinski definition) is 2. The van der Waals surface area contributed by atoms with E-state index in [1.54, 1.807) is 7.05 Å². The van der Waals surface area contributed by atoms with Crippen molar-refractivity contribution >= 4 is 17.3 Å². The van der Waals surface area contributed by atoms with Gasteiger partial charge in [0.15, 0.2) is 0 Å². The topological polar surface area (TPSA) is 93.0 Å². The molecular formula is C10H17N5O2. The lowest BCUT2D eigenvalue weighted by Crippen LogP contribution is -2.20. The van der Waals surface area contributed by atoms with Gasteiger partial charge in [-0.25, -0.2) is 9.97 Å². The van der Waals surface area contributed by atoms with Crippen molar-refractivity contribution in [3.05, 3.63) is 16.4 Å². The van der Waals surface area contributed by atoms with Crippen LogP contribution in [0, 0.1) is 15.5 Å². The van der Waals surface area contributed by atoms with Gasteiger partial charge in [-0.2, -0.15) is 0 Å². The summed E-state index contributed by atoms with van der Waals surface area (Å²) in [7, 11) is 1.59. The molecule has 1 rings (SSSR count). The van der Waals surface area contributed by atoms with E-state index in [1.165, 1.54) is 6.33 Å². The number of hydrogen-bond acceptors (Lipinski definition) is 6. The fraction of sp³-hybridized carbons (Fsp3) is 0.600. The number of aromatic nitrogens is 2. The third kappa shape index (κ3) is 3.54. The van der Waals surface area contributed by atoms with Gasteiger partial charge in [0.2, 0.25) is 11.6 Å². The average Bonchev–Trinajstić information content (AvgIpc) is 2.24. The molecule has 7 heteroatoms. The highest BCUT2D eigenvalue weighted by Gasteiger charge is 2.23.